The molecule has 1 aromatic carbocycles. The van der Waals surface area contributed by atoms with Crippen LogP contribution in [0, 0.1) is 0 Å². The molecule has 0 saturated heterocycles. The number of halogens is 1. The molecule has 0 atom stereocenters. The number of aryl methyl sites for hydroxylation is 1. The zero-order valence-electron chi connectivity index (χ0n) is 13.7. The quantitative estimate of drug-likeness (QED) is 0.714. The van der Waals surface area contributed by atoms with Gasteiger partial charge < -0.3 is 15.0 Å². The van der Waals surface area contributed by atoms with E-state index in [0.717, 1.165) is 16.5 Å². The number of hydrogen-bond donors (Lipinski definition) is 2. The van der Waals surface area contributed by atoms with Gasteiger partial charge in [-0.1, -0.05) is 31.5 Å². The second-order valence-corrected chi connectivity index (χ2v) is 6.41. The topological polar surface area (TPSA) is 67.2 Å². The van der Waals surface area contributed by atoms with Gasteiger partial charge in [0.2, 0.25) is 0 Å². The molecule has 3 aromatic rings. The highest BCUT2D eigenvalue weighted by Crippen LogP contribution is 2.35. The van der Waals surface area contributed by atoms with E-state index in [0.29, 0.717) is 22.3 Å². The smallest absolute Gasteiger partial charge is 0.354 e. The number of aromatic carboxylic acids is 1. The zero-order chi connectivity index (χ0) is 17.4. The Hall–Kier alpha value is -2.53. The van der Waals surface area contributed by atoms with E-state index < -0.39 is 5.97 Å². The SMILES string of the molecule is CC(C)c1ccc(Nc2c(C(=O)O)n(C)c3ccncc23)c(Cl)c1. The lowest BCUT2D eigenvalue weighted by molar-refractivity contribution is 0.0688. The van der Waals surface area contributed by atoms with Crippen LogP contribution in [0.15, 0.2) is 36.7 Å². The number of nitrogens with one attached hydrogen (secondary N) is 1. The van der Waals surface area contributed by atoms with Gasteiger partial charge in [-0.25, -0.2) is 4.79 Å². The molecule has 0 aliphatic heterocycles. The van der Waals surface area contributed by atoms with Crippen LogP contribution in [0.25, 0.3) is 10.9 Å². The standard InChI is InChI=1S/C18H18ClN3O2/c1-10(2)11-4-5-14(13(19)8-11)21-16-12-9-20-7-6-15(12)22(3)17(16)18(23)24/h4-10,21H,1-3H3,(H,23,24). The average Bonchev–Trinajstić information content (AvgIpc) is 2.82. The summed E-state index contributed by atoms with van der Waals surface area (Å²) in [4.78, 5) is 15.8. The third-order valence-corrected chi connectivity index (χ3v) is 4.44. The molecular formula is C18H18ClN3O2. The lowest BCUT2D eigenvalue weighted by atomic mass is 10.0. The molecule has 24 heavy (non-hydrogen) atoms. The van der Waals surface area contributed by atoms with Crippen LogP contribution in [-0.2, 0) is 7.05 Å². The van der Waals surface area contributed by atoms with Crippen molar-refractivity contribution in [1.82, 2.24) is 9.55 Å². The number of rotatable bonds is 4. The van der Waals surface area contributed by atoms with Gasteiger partial charge in [0, 0.05) is 24.8 Å². The number of benzene rings is 1. The summed E-state index contributed by atoms with van der Waals surface area (Å²) in [5, 5.41) is 14.1. The van der Waals surface area contributed by atoms with E-state index in [4.69, 9.17) is 11.6 Å². The third-order valence-electron chi connectivity index (χ3n) is 4.12. The summed E-state index contributed by atoms with van der Waals surface area (Å²) in [5.74, 6) is -0.640. The molecule has 6 heteroatoms. The number of pyridine rings is 1. The number of carbonyl (C=O) groups is 1. The van der Waals surface area contributed by atoms with E-state index in [1.807, 2.05) is 18.2 Å². The van der Waals surface area contributed by atoms with Crippen molar-refractivity contribution in [1.29, 1.82) is 0 Å². The lowest BCUT2D eigenvalue weighted by Gasteiger charge is -2.12. The van der Waals surface area contributed by atoms with Crippen LogP contribution in [0.5, 0.6) is 0 Å². The molecule has 0 aliphatic rings. The van der Waals surface area contributed by atoms with Crippen molar-refractivity contribution < 1.29 is 9.90 Å². The minimum atomic E-state index is -1.01. The Morgan fingerprint density at radius 1 is 1.33 bits per heavy atom. The van der Waals surface area contributed by atoms with Crippen LogP contribution >= 0.6 is 11.6 Å². The van der Waals surface area contributed by atoms with Gasteiger partial charge in [-0.2, -0.15) is 0 Å². The number of fused-ring (bicyclic) bond motifs is 1. The van der Waals surface area contributed by atoms with Crippen molar-refractivity contribution in [3.05, 3.63) is 52.9 Å². The van der Waals surface area contributed by atoms with Crippen LogP contribution in [0.2, 0.25) is 5.02 Å². The monoisotopic (exact) mass is 343 g/mol. The Bertz CT molecular complexity index is 931. The van der Waals surface area contributed by atoms with Gasteiger partial charge in [-0.05, 0) is 29.7 Å². The number of carboxylic acid groups (broad SMARTS) is 1. The Labute approximate surface area is 144 Å². The summed E-state index contributed by atoms with van der Waals surface area (Å²) in [6.07, 6.45) is 3.29. The second-order valence-electron chi connectivity index (χ2n) is 6.00. The van der Waals surface area contributed by atoms with Crippen LogP contribution < -0.4 is 5.32 Å². The molecule has 0 saturated carbocycles. The van der Waals surface area contributed by atoms with Crippen molar-refractivity contribution in [2.24, 2.45) is 7.05 Å². The molecule has 0 aliphatic carbocycles. The first kappa shape index (κ1) is 16.3. The van der Waals surface area contributed by atoms with E-state index in [2.05, 4.69) is 24.1 Å². The molecule has 2 N–H and O–H groups in total. The van der Waals surface area contributed by atoms with Gasteiger partial charge in [0.15, 0.2) is 5.69 Å². The summed E-state index contributed by atoms with van der Waals surface area (Å²) in [6.45, 7) is 4.19. The first-order chi connectivity index (χ1) is 11.4. The fraction of sp³-hybridized carbons (Fsp3) is 0.222. The van der Waals surface area contributed by atoms with Crippen molar-refractivity contribution in [2.45, 2.75) is 19.8 Å². The fourth-order valence-electron chi connectivity index (χ4n) is 2.79. The van der Waals surface area contributed by atoms with Crippen molar-refractivity contribution in [3.8, 4) is 0 Å². The normalized spacial score (nSPS) is 11.2. The largest absolute Gasteiger partial charge is 0.477 e. The van der Waals surface area contributed by atoms with Crippen molar-refractivity contribution >= 4 is 39.8 Å². The van der Waals surface area contributed by atoms with Gasteiger partial charge >= 0.3 is 5.97 Å². The minimum absolute atomic E-state index is 0.169. The Morgan fingerprint density at radius 3 is 2.71 bits per heavy atom. The molecule has 0 radical (unpaired) electrons. The highest BCUT2D eigenvalue weighted by atomic mass is 35.5. The minimum Gasteiger partial charge on any atom is -0.477 e. The Kier molecular flexibility index (Phi) is 4.20. The number of hydrogen-bond acceptors (Lipinski definition) is 3. The Morgan fingerprint density at radius 2 is 2.08 bits per heavy atom. The number of carboxylic acids is 1. The molecule has 2 aromatic heterocycles. The summed E-state index contributed by atoms with van der Waals surface area (Å²) in [5.41, 5.74) is 3.25. The van der Waals surface area contributed by atoms with Crippen LogP contribution in [-0.4, -0.2) is 20.6 Å². The van der Waals surface area contributed by atoms with E-state index >= 15 is 0 Å². The van der Waals surface area contributed by atoms with Gasteiger partial charge in [0.1, 0.15) is 0 Å². The summed E-state index contributed by atoms with van der Waals surface area (Å²) < 4.78 is 1.64. The number of anilines is 2. The maximum Gasteiger partial charge on any atom is 0.354 e. The van der Waals surface area contributed by atoms with Crippen molar-refractivity contribution in [2.75, 3.05) is 5.32 Å². The first-order valence-corrected chi connectivity index (χ1v) is 8.00. The molecular weight excluding hydrogens is 326 g/mol. The maximum atomic E-state index is 11.7. The van der Waals surface area contributed by atoms with Gasteiger partial charge in [0.05, 0.1) is 21.9 Å². The van der Waals surface area contributed by atoms with Gasteiger partial charge in [0.25, 0.3) is 0 Å². The molecule has 0 amide bonds. The third kappa shape index (κ3) is 2.71. The second kappa shape index (κ2) is 6.17. The predicted octanol–water partition coefficient (Wildman–Crippen LogP) is 4.79. The van der Waals surface area contributed by atoms with Crippen LogP contribution in [0.4, 0.5) is 11.4 Å². The predicted molar refractivity (Wildman–Crippen MR) is 96.5 cm³/mol. The average molecular weight is 344 g/mol. The fourth-order valence-corrected chi connectivity index (χ4v) is 3.03. The maximum absolute atomic E-state index is 11.7. The van der Waals surface area contributed by atoms with E-state index in [1.165, 1.54) is 0 Å². The summed E-state index contributed by atoms with van der Waals surface area (Å²) in [7, 11) is 1.72. The molecule has 124 valence electrons. The van der Waals surface area contributed by atoms with E-state index in [9.17, 15) is 9.90 Å². The van der Waals surface area contributed by atoms with E-state index in [-0.39, 0.29) is 5.69 Å². The number of nitrogens with zero attached hydrogens (tertiary/aromatic N) is 2. The molecule has 3 rings (SSSR count). The van der Waals surface area contributed by atoms with Gasteiger partial charge in [-0.3, -0.25) is 4.98 Å². The van der Waals surface area contributed by atoms with E-state index in [1.54, 1.807) is 30.1 Å². The highest BCUT2D eigenvalue weighted by molar-refractivity contribution is 6.33. The van der Waals surface area contributed by atoms with Crippen molar-refractivity contribution in [3.63, 3.8) is 0 Å². The molecule has 2 heterocycles. The Balaban J connectivity index is 2.14. The summed E-state index contributed by atoms with van der Waals surface area (Å²) in [6, 6.07) is 7.55. The lowest BCUT2D eigenvalue weighted by Crippen LogP contribution is -2.07. The molecule has 0 spiro atoms. The number of aromatic nitrogens is 2. The first-order valence-electron chi connectivity index (χ1n) is 7.62. The molecule has 0 fully saturated rings. The van der Waals surface area contributed by atoms with Crippen LogP contribution in [0.3, 0.4) is 0 Å². The molecule has 0 bridgehead atoms. The molecule has 0 unspecified atom stereocenters. The van der Waals surface area contributed by atoms with Gasteiger partial charge in [-0.15, -0.1) is 0 Å². The van der Waals surface area contributed by atoms with Crippen LogP contribution in [0.1, 0.15) is 35.8 Å². The molecule has 5 nitrogen and oxygen atoms in total. The highest BCUT2D eigenvalue weighted by Gasteiger charge is 2.21. The zero-order valence-corrected chi connectivity index (χ0v) is 14.4. The summed E-state index contributed by atoms with van der Waals surface area (Å²) >= 11 is 6.38.